The van der Waals surface area contributed by atoms with Gasteiger partial charge in [0.1, 0.15) is 0 Å². The Morgan fingerprint density at radius 1 is 1.21 bits per heavy atom. The van der Waals surface area contributed by atoms with E-state index in [0.717, 1.165) is 17.7 Å². The number of aliphatic hydroxyl groups is 1. The molecule has 3 nitrogen and oxygen atoms in total. The lowest BCUT2D eigenvalue weighted by Crippen LogP contribution is -2.35. The summed E-state index contributed by atoms with van der Waals surface area (Å²) in [6, 6.07) is 7.19. The Morgan fingerprint density at radius 3 is 2.47 bits per heavy atom. The Hall–Kier alpha value is -1.00. The fourth-order valence-corrected chi connectivity index (χ4v) is 2.88. The van der Waals surface area contributed by atoms with Gasteiger partial charge in [0.15, 0.2) is 0 Å². The van der Waals surface area contributed by atoms with E-state index in [1.807, 2.05) is 12.1 Å². The minimum Gasteiger partial charge on any atom is -0.396 e. The van der Waals surface area contributed by atoms with E-state index in [-0.39, 0.29) is 12.5 Å². The zero-order chi connectivity index (χ0) is 13.7. The minimum atomic E-state index is -0.0457. The summed E-state index contributed by atoms with van der Waals surface area (Å²) in [5.41, 5.74) is 0.661. The van der Waals surface area contributed by atoms with Crippen molar-refractivity contribution in [2.24, 2.45) is 11.8 Å². The van der Waals surface area contributed by atoms with Gasteiger partial charge in [-0.15, -0.1) is 12.6 Å². The van der Waals surface area contributed by atoms with Gasteiger partial charge in [-0.2, -0.15) is 0 Å². The van der Waals surface area contributed by atoms with Crippen LogP contribution in [0, 0.1) is 11.8 Å². The average molecular weight is 279 g/mol. The molecule has 104 valence electrons. The van der Waals surface area contributed by atoms with E-state index in [1.165, 1.54) is 12.8 Å². The number of amides is 1. The Kier molecular flexibility index (Phi) is 5.28. The van der Waals surface area contributed by atoms with Crippen LogP contribution in [0.3, 0.4) is 0 Å². The SMILES string of the molecule is O=C(NCC1CCCCC1CO)c1ccc(S)cc1. The molecule has 0 spiro atoms. The molecular formula is C15H21NO2S. The fourth-order valence-electron chi connectivity index (χ4n) is 2.73. The van der Waals surface area contributed by atoms with Crippen molar-refractivity contribution in [1.82, 2.24) is 5.32 Å². The topological polar surface area (TPSA) is 49.3 Å². The van der Waals surface area contributed by atoms with E-state index in [9.17, 15) is 9.90 Å². The van der Waals surface area contributed by atoms with Crippen molar-refractivity contribution in [3.8, 4) is 0 Å². The monoisotopic (exact) mass is 279 g/mol. The van der Waals surface area contributed by atoms with Gasteiger partial charge < -0.3 is 10.4 Å². The number of carbonyl (C=O) groups is 1. The third-order valence-electron chi connectivity index (χ3n) is 3.96. The molecule has 2 unspecified atom stereocenters. The molecule has 1 saturated carbocycles. The molecule has 1 aromatic carbocycles. The number of carbonyl (C=O) groups excluding carboxylic acids is 1. The molecule has 0 aliphatic heterocycles. The lowest BCUT2D eigenvalue weighted by molar-refractivity contribution is 0.0909. The Balaban J connectivity index is 1.87. The standard InChI is InChI=1S/C15H21NO2S/c17-10-13-4-2-1-3-12(13)9-16-15(18)11-5-7-14(19)8-6-11/h5-8,12-13,17,19H,1-4,9-10H2,(H,16,18). The quantitative estimate of drug-likeness (QED) is 0.742. The normalized spacial score (nSPS) is 23.1. The van der Waals surface area contributed by atoms with Crippen LogP contribution in [0.5, 0.6) is 0 Å². The number of thiol groups is 1. The first kappa shape index (κ1) is 14.4. The van der Waals surface area contributed by atoms with E-state index in [2.05, 4.69) is 17.9 Å². The highest BCUT2D eigenvalue weighted by Crippen LogP contribution is 2.29. The van der Waals surface area contributed by atoms with Crippen molar-refractivity contribution in [2.45, 2.75) is 30.6 Å². The Morgan fingerprint density at radius 2 is 1.84 bits per heavy atom. The molecule has 19 heavy (non-hydrogen) atoms. The van der Waals surface area contributed by atoms with Crippen LogP contribution in [0.2, 0.25) is 0 Å². The van der Waals surface area contributed by atoms with Crippen molar-refractivity contribution in [3.05, 3.63) is 29.8 Å². The van der Waals surface area contributed by atoms with Crippen LogP contribution in [0.4, 0.5) is 0 Å². The smallest absolute Gasteiger partial charge is 0.251 e. The number of aliphatic hydroxyl groups excluding tert-OH is 1. The second-order valence-corrected chi connectivity index (χ2v) is 5.76. The van der Waals surface area contributed by atoms with Crippen LogP contribution in [0.1, 0.15) is 36.0 Å². The van der Waals surface area contributed by atoms with Gasteiger partial charge in [-0.3, -0.25) is 4.79 Å². The van der Waals surface area contributed by atoms with Gasteiger partial charge in [-0.05, 0) is 48.9 Å². The van der Waals surface area contributed by atoms with Gasteiger partial charge >= 0.3 is 0 Å². The van der Waals surface area contributed by atoms with E-state index < -0.39 is 0 Å². The highest BCUT2D eigenvalue weighted by atomic mass is 32.1. The summed E-state index contributed by atoms with van der Waals surface area (Å²) in [5.74, 6) is 0.705. The van der Waals surface area contributed by atoms with Gasteiger partial charge in [0.05, 0.1) is 0 Å². The molecule has 2 atom stereocenters. The molecule has 1 aromatic rings. The largest absolute Gasteiger partial charge is 0.396 e. The van der Waals surface area contributed by atoms with Crippen molar-refractivity contribution in [3.63, 3.8) is 0 Å². The van der Waals surface area contributed by atoms with Crippen LogP contribution in [-0.4, -0.2) is 24.2 Å². The van der Waals surface area contributed by atoms with Crippen LogP contribution in [-0.2, 0) is 0 Å². The predicted octanol–water partition coefficient (Wildman–Crippen LogP) is 2.50. The van der Waals surface area contributed by atoms with Gasteiger partial charge in [-0.25, -0.2) is 0 Å². The maximum absolute atomic E-state index is 12.0. The summed E-state index contributed by atoms with van der Waals surface area (Å²) in [4.78, 5) is 12.8. The van der Waals surface area contributed by atoms with Crippen LogP contribution < -0.4 is 5.32 Å². The summed E-state index contributed by atoms with van der Waals surface area (Å²) in [6.07, 6.45) is 4.57. The number of hydrogen-bond acceptors (Lipinski definition) is 3. The molecular weight excluding hydrogens is 258 g/mol. The van der Waals surface area contributed by atoms with Crippen LogP contribution >= 0.6 is 12.6 Å². The highest BCUT2D eigenvalue weighted by Gasteiger charge is 2.24. The zero-order valence-electron chi connectivity index (χ0n) is 11.0. The first-order valence-electron chi connectivity index (χ1n) is 6.89. The predicted molar refractivity (Wildman–Crippen MR) is 78.6 cm³/mol. The second kappa shape index (κ2) is 6.96. The lowest BCUT2D eigenvalue weighted by Gasteiger charge is -2.30. The molecule has 1 amide bonds. The third-order valence-corrected chi connectivity index (χ3v) is 4.25. The number of hydrogen-bond donors (Lipinski definition) is 3. The van der Waals surface area contributed by atoms with Gasteiger partial charge in [0.25, 0.3) is 5.91 Å². The molecule has 0 saturated heterocycles. The minimum absolute atomic E-state index is 0.0457. The number of benzene rings is 1. The van der Waals surface area contributed by atoms with E-state index in [1.54, 1.807) is 12.1 Å². The molecule has 0 aromatic heterocycles. The third kappa shape index (κ3) is 3.98. The van der Waals surface area contributed by atoms with E-state index in [4.69, 9.17) is 0 Å². The van der Waals surface area contributed by atoms with Crippen LogP contribution in [0.15, 0.2) is 29.2 Å². The van der Waals surface area contributed by atoms with Gasteiger partial charge in [0, 0.05) is 23.6 Å². The fraction of sp³-hybridized carbons (Fsp3) is 0.533. The lowest BCUT2D eigenvalue weighted by atomic mass is 9.79. The van der Waals surface area contributed by atoms with Crippen molar-refractivity contribution in [2.75, 3.05) is 13.2 Å². The maximum atomic E-state index is 12.0. The molecule has 0 radical (unpaired) electrons. The summed E-state index contributed by atoms with van der Waals surface area (Å²) in [6.45, 7) is 0.890. The summed E-state index contributed by atoms with van der Waals surface area (Å²) in [7, 11) is 0. The molecule has 0 bridgehead atoms. The number of nitrogens with one attached hydrogen (secondary N) is 1. The molecule has 1 aliphatic rings. The second-order valence-electron chi connectivity index (χ2n) is 5.24. The van der Waals surface area contributed by atoms with Crippen LogP contribution in [0.25, 0.3) is 0 Å². The molecule has 4 heteroatoms. The first-order chi connectivity index (χ1) is 9.20. The zero-order valence-corrected chi connectivity index (χ0v) is 11.9. The highest BCUT2D eigenvalue weighted by molar-refractivity contribution is 7.80. The Bertz CT molecular complexity index is 419. The molecule has 1 fully saturated rings. The van der Waals surface area contributed by atoms with Crippen molar-refractivity contribution >= 4 is 18.5 Å². The Labute approximate surface area is 119 Å². The molecule has 2 N–H and O–H groups in total. The number of rotatable bonds is 4. The van der Waals surface area contributed by atoms with Crippen molar-refractivity contribution in [1.29, 1.82) is 0 Å². The summed E-state index contributed by atoms with van der Waals surface area (Å²) >= 11 is 4.20. The maximum Gasteiger partial charge on any atom is 0.251 e. The van der Waals surface area contributed by atoms with Crippen molar-refractivity contribution < 1.29 is 9.90 Å². The first-order valence-corrected chi connectivity index (χ1v) is 7.33. The summed E-state index contributed by atoms with van der Waals surface area (Å²) in [5, 5.41) is 12.3. The van der Waals surface area contributed by atoms with Gasteiger partial charge in [0.2, 0.25) is 0 Å². The molecule has 1 aliphatic carbocycles. The van der Waals surface area contributed by atoms with E-state index >= 15 is 0 Å². The summed E-state index contributed by atoms with van der Waals surface area (Å²) < 4.78 is 0. The molecule has 0 heterocycles. The molecule has 2 rings (SSSR count). The van der Waals surface area contributed by atoms with E-state index in [0.29, 0.717) is 23.9 Å². The average Bonchev–Trinajstić information content (AvgIpc) is 2.45. The van der Waals surface area contributed by atoms with Gasteiger partial charge in [-0.1, -0.05) is 12.8 Å².